The zero-order valence-corrected chi connectivity index (χ0v) is 22.6. The Morgan fingerprint density at radius 1 is 0.929 bits per heavy atom. The van der Waals surface area contributed by atoms with E-state index in [2.05, 4.69) is 17.4 Å². The molecule has 0 aliphatic heterocycles. The van der Waals surface area contributed by atoms with Crippen LogP contribution in [0.5, 0.6) is 5.75 Å². The van der Waals surface area contributed by atoms with Crippen LogP contribution in [0.2, 0.25) is 0 Å². The maximum atomic E-state index is 13.7. The molecule has 0 heterocycles. The number of primary amides is 1. The van der Waals surface area contributed by atoms with E-state index in [0.717, 1.165) is 16.7 Å². The van der Waals surface area contributed by atoms with Gasteiger partial charge in [-0.1, -0.05) is 54.6 Å². The van der Waals surface area contributed by atoms with Gasteiger partial charge in [-0.2, -0.15) is 0 Å². The van der Waals surface area contributed by atoms with Crippen LogP contribution in [0.4, 0.5) is 0 Å². The van der Waals surface area contributed by atoms with E-state index in [1.54, 1.807) is 6.07 Å². The summed E-state index contributed by atoms with van der Waals surface area (Å²) in [4.78, 5) is 38.2. The van der Waals surface area contributed by atoms with Crippen molar-refractivity contribution in [2.75, 3.05) is 0 Å². The normalized spacial score (nSPS) is 23.4. The summed E-state index contributed by atoms with van der Waals surface area (Å²) in [5, 5.41) is 47.8. The number of ketones is 2. The third-order valence-electron chi connectivity index (χ3n) is 8.69. The summed E-state index contributed by atoms with van der Waals surface area (Å²) >= 11 is 0. The number of carbonyl (C=O) groups is 3. The molecule has 9 heteroatoms. The predicted octanol–water partition coefficient (Wildman–Crippen LogP) is 3.38. The zero-order chi connectivity index (χ0) is 29.8. The third-order valence-corrected chi connectivity index (χ3v) is 8.69. The quantitative estimate of drug-likeness (QED) is 0.247. The molecule has 3 atom stereocenters. The molecule has 1 fully saturated rings. The minimum absolute atomic E-state index is 0.0761. The lowest BCUT2D eigenvalue weighted by Crippen LogP contribution is -2.58. The molecular formula is C33H30N2O7. The number of rotatable bonds is 6. The van der Waals surface area contributed by atoms with E-state index in [-0.39, 0.29) is 36.1 Å². The molecule has 0 radical (unpaired) electrons. The number of carbonyl (C=O) groups excluding carboxylic acids is 3. The summed E-state index contributed by atoms with van der Waals surface area (Å²) in [6.07, 6.45) is -0.0248. The Morgan fingerprint density at radius 3 is 2.38 bits per heavy atom. The number of nitrogens with two attached hydrogens (primary N) is 1. The van der Waals surface area contributed by atoms with Gasteiger partial charge < -0.3 is 31.5 Å². The number of aromatic hydroxyl groups is 1. The molecule has 3 aliphatic carbocycles. The van der Waals surface area contributed by atoms with Gasteiger partial charge in [0.05, 0.1) is 5.56 Å². The van der Waals surface area contributed by atoms with Crippen molar-refractivity contribution in [1.82, 2.24) is 5.32 Å². The number of aliphatic hydroxyl groups excluding tert-OH is 2. The molecule has 1 saturated carbocycles. The van der Waals surface area contributed by atoms with Gasteiger partial charge in [-0.15, -0.1) is 0 Å². The second-order valence-corrected chi connectivity index (χ2v) is 11.2. The largest absolute Gasteiger partial charge is 0.508 e. The van der Waals surface area contributed by atoms with Gasteiger partial charge in [0.15, 0.2) is 11.4 Å². The molecule has 42 heavy (non-hydrogen) atoms. The Kier molecular flexibility index (Phi) is 6.71. The molecule has 0 aromatic heterocycles. The Morgan fingerprint density at radius 2 is 1.64 bits per heavy atom. The van der Waals surface area contributed by atoms with Crippen LogP contribution in [0.3, 0.4) is 0 Å². The summed E-state index contributed by atoms with van der Waals surface area (Å²) in [7, 11) is 0. The second kappa shape index (κ2) is 10.3. The van der Waals surface area contributed by atoms with Gasteiger partial charge in [0.1, 0.15) is 22.8 Å². The minimum Gasteiger partial charge on any atom is -0.508 e. The summed E-state index contributed by atoms with van der Waals surface area (Å²) in [6.45, 7) is 1.33. The fourth-order valence-electron chi connectivity index (χ4n) is 6.69. The van der Waals surface area contributed by atoms with E-state index in [0.29, 0.717) is 18.7 Å². The van der Waals surface area contributed by atoms with Gasteiger partial charge >= 0.3 is 0 Å². The SMILES string of the molecule is NC(=O)C1=C(O)[C@@]2(O)C(=O)C3=C(O)c4c(O)ccc(-c5cccc(CNCc6ccccc6)c5)c4C[C@H]3CC2CC1=O. The molecule has 0 bridgehead atoms. The smallest absolute Gasteiger partial charge is 0.255 e. The monoisotopic (exact) mass is 566 g/mol. The second-order valence-electron chi connectivity index (χ2n) is 11.2. The summed E-state index contributed by atoms with van der Waals surface area (Å²) in [6, 6.07) is 21.2. The van der Waals surface area contributed by atoms with Crippen LogP contribution in [0.25, 0.3) is 16.9 Å². The fourth-order valence-corrected chi connectivity index (χ4v) is 6.69. The Balaban J connectivity index is 1.37. The Hall–Kier alpha value is -4.73. The number of amides is 1. The highest BCUT2D eigenvalue weighted by Gasteiger charge is 2.60. The number of phenolic OH excluding ortho intramolecular Hbond substituents is 1. The van der Waals surface area contributed by atoms with E-state index in [4.69, 9.17) is 5.73 Å². The summed E-state index contributed by atoms with van der Waals surface area (Å²) < 4.78 is 0. The van der Waals surface area contributed by atoms with Crippen LogP contribution in [0, 0.1) is 11.8 Å². The number of hydrogen-bond acceptors (Lipinski definition) is 8. The summed E-state index contributed by atoms with van der Waals surface area (Å²) in [5.41, 5.74) is 6.26. The van der Waals surface area contributed by atoms with E-state index in [1.165, 1.54) is 11.6 Å². The average molecular weight is 567 g/mol. The number of hydrogen-bond donors (Lipinski definition) is 6. The maximum absolute atomic E-state index is 13.7. The van der Waals surface area contributed by atoms with E-state index in [1.807, 2.05) is 42.5 Å². The molecule has 3 aromatic carbocycles. The van der Waals surface area contributed by atoms with Crippen LogP contribution in [0.15, 0.2) is 83.6 Å². The van der Waals surface area contributed by atoms with Crippen molar-refractivity contribution >= 4 is 23.2 Å². The topological polar surface area (TPSA) is 170 Å². The molecule has 9 nitrogen and oxygen atoms in total. The first-order valence-corrected chi connectivity index (χ1v) is 13.8. The van der Waals surface area contributed by atoms with Gasteiger partial charge in [0.25, 0.3) is 5.91 Å². The zero-order valence-electron chi connectivity index (χ0n) is 22.6. The van der Waals surface area contributed by atoms with Gasteiger partial charge in [-0.05, 0) is 58.7 Å². The first-order valence-electron chi connectivity index (χ1n) is 13.8. The van der Waals surface area contributed by atoms with E-state index >= 15 is 0 Å². The molecular weight excluding hydrogens is 536 g/mol. The van der Waals surface area contributed by atoms with Crippen molar-refractivity contribution in [2.24, 2.45) is 17.6 Å². The number of nitrogens with one attached hydrogen (secondary N) is 1. The van der Waals surface area contributed by atoms with Crippen molar-refractivity contribution in [3.05, 3.63) is 106 Å². The van der Waals surface area contributed by atoms with Crippen LogP contribution in [-0.4, -0.2) is 43.5 Å². The van der Waals surface area contributed by atoms with Gasteiger partial charge in [0.2, 0.25) is 5.78 Å². The van der Waals surface area contributed by atoms with Crippen molar-refractivity contribution in [2.45, 2.75) is 38.0 Å². The van der Waals surface area contributed by atoms with Crippen LogP contribution >= 0.6 is 0 Å². The number of phenols is 1. The van der Waals surface area contributed by atoms with Crippen LogP contribution in [0.1, 0.15) is 35.1 Å². The molecule has 6 rings (SSSR count). The first-order chi connectivity index (χ1) is 20.1. The van der Waals surface area contributed by atoms with Gasteiger partial charge in [0, 0.05) is 31.0 Å². The average Bonchev–Trinajstić information content (AvgIpc) is 2.95. The van der Waals surface area contributed by atoms with E-state index < -0.39 is 52.0 Å². The molecule has 7 N–H and O–H groups in total. The summed E-state index contributed by atoms with van der Waals surface area (Å²) in [5.74, 6) is -6.42. The van der Waals surface area contributed by atoms with Crippen molar-refractivity contribution in [3.63, 3.8) is 0 Å². The number of Topliss-reactive ketones (excluding diaryl/α,β-unsaturated/α-hetero) is 2. The highest BCUT2D eigenvalue weighted by Crippen LogP contribution is 2.53. The lowest BCUT2D eigenvalue weighted by molar-refractivity contribution is -0.147. The lowest BCUT2D eigenvalue weighted by atomic mass is 9.59. The number of aliphatic hydroxyl groups is 3. The van der Waals surface area contributed by atoms with Gasteiger partial charge in [-0.3, -0.25) is 14.4 Å². The fraction of sp³-hybridized carbons (Fsp3) is 0.242. The molecule has 1 amide bonds. The van der Waals surface area contributed by atoms with Crippen molar-refractivity contribution < 1.29 is 34.8 Å². The highest BCUT2D eigenvalue weighted by molar-refractivity contribution is 6.22. The lowest BCUT2D eigenvalue weighted by Gasteiger charge is -2.46. The van der Waals surface area contributed by atoms with Gasteiger partial charge in [-0.25, -0.2) is 0 Å². The van der Waals surface area contributed by atoms with Crippen molar-refractivity contribution in [3.8, 4) is 16.9 Å². The molecule has 0 spiro atoms. The molecule has 3 aliphatic rings. The molecule has 3 aromatic rings. The van der Waals surface area contributed by atoms with E-state index in [9.17, 15) is 34.8 Å². The number of fused-ring (bicyclic) bond motifs is 3. The standard InChI is InChI=1S/C33H30N2O7/c34-32(41)28-25(37)14-21-12-20-13-23-22(19-8-4-7-18(11-19)16-35-15-17-5-2-1-3-6-17)9-10-24(36)27(23)29(38)26(20)30(39)33(21,42)31(28)40/h1-11,20-21,35-36,38,40,42H,12-16H2,(H2,34,41)/t20-,21?,33+/m1/s1. The van der Waals surface area contributed by atoms with Crippen LogP contribution in [-0.2, 0) is 33.9 Å². The molecule has 214 valence electrons. The number of benzene rings is 3. The third kappa shape index (κ3) is 4.29. The molecule has 0 saturated heterocycles. The maximum Gasteiger partial charge on any atom is 0.255 e. The minimum atomic E-state index is -2.58. The highest BCUT2D eigenvalue weighted by atomic mass is 16.3. The Bertz CT molecular complexity index is 1710. The van der Waals surface area contributed by atoms with Crippen molar-refractivity contribution in [1.29, 1.82) is 0 Å². The predicted molar refractivity (Wildman–Crippen MR) is 154 cm³/mol. The molecule has 1 unspecified atom stereocenters. The Labute approximate surface area is 241 Å². The van der Waals surface area contributed by atoms with Crippen LogP contribution < -0.4 is 11.1 Å². The first kappa shape index (κ1) is 27.4.